The van der Waals surface area contributed by atoms with Gasteiger partial charge in [0.15, 0.2) is 5.01 Å². The fraction of sp³-hybridized carbons (Fsp3) is 0. The summed E-state index contributed by atoms with van der Waals surface area (Å²) in [6, 6.07) is 9.93. The van der Waals surface area contributed by atoms with E-state index >= 15 is 0 Å². The first kappa shape index (κ1) is 10.6. The zero-order valence-corrected chi connectivity index (χ0v) is 11.0. The van der Waals surface area contributed by atoms with E-state index in [1.165, 1.54) is 11.3 Å². The third kappa shape index (κ3) is 2.01. The van der Waals surface area contributed by atoms with E-state index in [-0.39, 0.29) is 0 Å². The van der Waals surface area contributed by atoms with Gasteiger partial charge in [0, 0.05) is 9.86 Å². The highest BCUT2D eigenvalue weighted by molar-refractivity contribution is 9.10. The number of nitrogens with zero attached hydrogens (tertiary/aromatic N) is 3. The zero-order chi connectivity index (χ0) is 11.8. The van der Waals surface area contributed by atoms with E-state index in [1.54, 1.807) is 0 Å². The van der Waals surface area contributed by atoms with Crippen molar-refractivity contribution in [2.45, 2.75) is 0 Å². The molecule has 0 amide bonds. The molecule has 2 aromatic heterocycles. The van der Waals surface area contributed by atoms with Crippen molar-refractivity contribution < 1.29 is 0 Å². The molecule has 0 fully saturated rings. The minimum atomic E-state index is 0.455. The van der Waals surface area contributed by atoms with Crippen LogP contribution in [0.5, 0.6) is 0 Å². The second kappa shape index (κ2) is 4.05. The van der Waals surface area contributed by atoms with Crippen molar-refractivity contribution in [3.05, 3.63) is 34.8 Å². The van der Waals surface area contributed by atoms with Crippen LogP contribution in [-0.2, 0) is 0 Å². The highest BCUT2D eigenvalue weighted by Crippen LogP contribution is 2.26. The number of benzene rings is 1. The summed E-state index contributed by atoms with van der Waals surface area (Å²) in [6.45, 7) is 0. The largest absolute Gasteiger partial charge is 0.374 e. The van der Waals surface area contributed by atoms with Crippen molar-refractivity contribution >= 4 is 43.3 Å². The van der Waals surface area contributed by atoms with Crippen LogP contribution < -0.4 is 5.73 Å². The number of aromatic nitrogens is 3. The maximum atomic E-state index is 5.56. The first-order valence-corrected chi connectivity index (χ1v) is 6.49. The van der Waals surface area contributed by atoms with Gasteiger partial charge in [-0.2, -0.15) is 0 Å². The van der Waals surface area contributed by atoms with Crippen molar-refractivity contribution in [2.24, 2.45) is 0 Å². The van der Waals surface area contributed by atoms with E-state index < -0.39 is 0 Å². The number of nitrogen functional groups attached to an aromatic ring is 1. The molecule has 84 valence electrons. The van der Waals surface area contributed by atoms with Gasteiger partial charge in [-0.3, -0.25) is 0 Å². The highest BCUT2D eigenvalue weighted by atomic mass is 79.9. The molecular formula is C11H7BrN4S. The molecule has 0 radical (unpaired) electrons. The maximum absolute atomic E-state index is 5.56. The van der Waals surface area contributed by atoms with E-state index in [0.717, 1.165) is 26.1 Å². The molecule has 17 heavy (non-hydrogen) atoms. The Labute approximate surface area is 110 Å². The fourth-order valence-electron chi connectivity index (χ4n) is 1.55. The summed E-state index contributed by atoms with van der Waals surface area (Å²) in [6.07, 6.45) is 0. The summed E-state index contributed by atoms with van der Waals surface area (Å²) >= 11 is 4.77. The lowest BCUT2D eigenvalue weighted by Gasteiger charge is -2.00. The molecule has 0 spiro atoms. The first-order valence-electron chi connectivity index (χ1n) is 4.88. The van der Waals surface area contributed by atoms with E-state index in [2.05, 4.69) is 31.1 Å². The number of anilines is 1. The van der Waals surface area contributed by atoms with E-state index in [9.17, 15) is 0 Å². The predicted molar refractivity (Wildman–Crippen MR) is 72.8 cm³/mol. The molecule has 0 atom stereocenters. The smallest absolute Gasteiger partial charge is 0.203 e. The van der Waals surface area contributed by atoms with E-state index in [1.807, 2.05) is 30.3 Å². The number of hydrogen-bond donors (Lipinski definition) is 1. The fourth-order valence-corrected chi connectivity index (χ4v) is 2.48. The van der Waals surface area contributed by atoms with Gasteiger partial charge in [0.2, 0.25) is 5.13 Å². The minimum absolute atomic E-state index is 0.455. The van der Waals surface area contributed by atoms with Crippen LogP contribution in [0.15, 0.2) is 34.8 Å². The van der Waals surface area contributed by atoms with Gasteiger partial charge in [-0.15, -0.1) is 10.2 Å². The second-order valence-corrected chi connectivity index (χ2v) is 5.40. The quantitative estimate of drug-likeness (QED) is 0.750. The van der Waals surface area contributed by atoms with E-state index in [4.69, 9.17) is 5.73 Å². The van der Waals surface area contributed by atoms with Gasteiger partial charge < -0.3 is 5.73 Å². The molecule has 0 aliphatic heterocycles. The Morgan fingerprint density at radius 2 is 1.94 bits per heavy atom. The van der Waals surface area contributed by atoms with Crippen LogP contribution in [0.2, 0.25) is 0 Å². The molecule has 0 aliphatic carbocycles. The molecule has 0 aliphatic rings. The average molecular weight is 307 g/mol. The van der Waals surface area contributed by atoms with Crippen LogP contribution in [-0.4, -0.2) is 15.2 Å². The number of nitrogens with two attached hydrogens (primary N) is 1. The van der Waals surface area contributed by atoms with Crippen molar-refractivity contribution in [3.63, 3.8) is 0 Å². The van der Waals surface area contributed by atoms with Gasteiger partial charge in [-0.1, -0.05) is 39.4 Å². The molecule has 2 N–H and O–H groups in total. The van der Waals surface area contributed by atoms with Crippen LogP contribution in [0.4, 0.5) is 5.13 Å². The molecule has 3 aromatic rings. The summed E-state index contributed by atoms with van der Waals surface area (Å²) in [5.41, 5.74) is 7.28. The molecule has 4 nitrogen and oxygen atoms in total. The molecule has 0 saturated carbocycles. The number of fused-ring (bicyclic) bond motifs is 1. The summed E-state index contributed by atoms with van der Waals surface area (Å²) in [4.78, 5) is 4.54. The zero-order valence-electron chi connectivity index (χ0n) is 8.59. The molecule has 0 bridgehead atoms. The normalized spacial score (nSPS) is 10.9. The maximum Gasteiger partial charge on any atom is 0.203 e. The Balaban J connectivity index is 2.18. The van der Waals surface area contributed by atoms with Gasteiger partial charge in [-0.05, 0) is 18.2 Å². The van der Waals surface area contributed by atoms with Crippen molar-refractivity contribution in [2.75, 3.05) is 5.73 Å². The molecule has 0 saturated heterocycles. The lowest BCUT2D eigenvalue weighted by molar-refractivity contribution is 1.10. The number of pyridine rings is 1. The van der Waals surface area contributed by atoms with Gasteiger partial charge in [0.1, 0.15) is 5.69 Å². The Kier molecular flexibility index (Phi) is 2.53. The first-order chi connectivity index (χ1) is 8.22. The SMILES string of the molecule is Nc1nnc(-c2ccc3ccc(Br)cc3n2)s1. The molecule has 3 rings (SSSR count). The van der Waals surface area contributed by atoms with Gasteiger partial charge >= 0.3 is 0 Å². The standard InChI is InChI=1S/C11H7BrN4S/c12-7-3-1-6-2-4-8(14-9(6)5-7)10-15-16-11(13)17-10/h1-5H,(H2,13,16). The monoisotopic (exact) mass is 306 g/mol. The Bertz CT molecular complexity index is 695. The lowest BCUT2D eigenvalue weighted by Crippen LogP contribution is -1.85. The van der Waals surface area contributed by atoms with Crippen LogP contribution in [0.1, 0.15) is 0 Å². The Morgan fingerprint density at radius 3 is 2.71 bits per heavy atom. The van der Waals surface area contributed by atoms with Crippen molar-refractivity contribution in [1.82, 2.24) is 15.2 Å². The summed E-state index contributed by atoms with van der Waals surface area (Å²) < 4.78 is 1.01. The van der Waals surface area contributed by atoms with Crippen molar-refractivity contribution in [3.8, 4) is 10.7 Å². The van der Waals surface area contributed by atoms with Crippen LogP contribution in [0.25, 0.3) is 21.6 Å². The highest BCUT2D eigenvalue weighted by Gasteiger charge is 2.06. The van der Waals surface area contributed by atoms with Gasteiger partial charge in [0.05, 0.1) is 5.52 Å². The second-order valence-electron chi connectivity index (χ2n) is 3.48. The number of rotatable bonds is 1. The van der Waals surface area contributed by atoms with Crippen LogP contribution >= 0.6 is 27.3 Å². The van der Waals surface area contributed by atoms with Gasteiger partial charge in [0.25, 0.3) is 0 Å². The average Bonchev–Trinajstić information content (AvgIpc) is 2.75. The summed E-state index contributed by atoms with van der Waals surface area (Å²) in [5, 5.41) is 10.1. The molecule has 1 aromatic carbocycles. The van der Waals surface area contributed by atoms with Crippen LogP contribution in [0.3, 0.4) is 0 Å². The lowest BCUT2D eigenvalue weighted by atomic mass is 10.2. The Hall–Kier alpha value is -1.53. The third-order valence-corrected chi connectivity index (χ3v) is 3.58. The minimum Gasteiger partial charge on any atom is -0.374 e. The predicted octanol–water partition coefficient (Wildman–Crippen LogP) is 3.10. The number of hydrogen-bond acceptors (Lipinski definition) is 5. The third-order valence-electron chi connectivity index (χ3n) is 2.31. The van der Waals surface area contributed by atoms with Gasteiger partial charge in [-0.25, -0.2) is 4.98 Å². The number of halogens is 1. The Morgan fingerprint density at radius 1 is 1.12 bits per heavy atom. The van der Waals surface area contributed by atoms with Crippen LogP contribution in [0, 0.1) is 0 Å². The van der Waals surface area contributed by atoms with E-state index in [0.29, 0.717) is 5.13 Å². The molecular weight excluding hydrogens is 300 g/mol. The topological polar surface area (TPSA) is 64.7 Å². The van der Waals surface area contributed by atoms with Crippen molar-refractivity contribution in [1.29, 1.82) is 0 Å². The molecule has 6 heteroatoms. The molecule has 0 unspecified atom stereocenters. The summed E-state index contributed by atoms with van der Waals surface area (Å²) in [7, 11) is 0. The summed E-state index contributed by atoms with van der Waals surface area (Å²) in [5.74, 6) is 0. The molecule has 2 heterocycles.